The molecular formula is C15H18N4O. The molecule has 1 unspecified atom stereocenters. The number of carbonyl (C=O) groups is 1. The number of urea groups is 1. The van der Waals surface area contributed by atoms with Crippen LogP contribution in [0.3, 0.4) is 0 Å². The Bertz CT molecular complexity index is 595. The number of hydrogen-bond donors (Lipinski definition) is 3. The van der Waals surface area contributed by atoms with E-state index in [9.17, 15) is 4.79 Å². The summed E-state index contributed by atoms with van der Waals surface area (Å²) in [6, 6.07) is 11.0. The molecule has 0 bridgehead atoms. The highest BCUT2D eigenvalue weighted by Gasteiger charge is 2.07. The fourth-order valence-corrected chi connectivity index (χ4v) is 1.95. The van der Waals surface area contributed by atoms with E-state index in [4.69, 9.17) is 5.73 Å². The smallest absolute Gasteiger partial charge is 0.316 e. The molecule has 2 aromatic rings. The molecule has 0 aliphatic carbocycles. The zero-order valence-corrected chi connectivity index (χ0v) is 11.6. The van der Waals surface area contributed by atoms with Gasteiger partial charge in [0.05, 0.1) is 11.4 Å². The number of aromatic nitrogens is 1. The summed E-state index contributed by atoms with van der Waals surface area (Å²) in [5.74, 6) is 0. The predicted octanol–water partition coefficient (Wildman–Crippen LogP) is 3.05. The number of aryl methyl sites for hydroxylation is 1. The maximum atomic E-state index is 10.8. The van der Waals surface area contributed by atoms with Crippen molar-refractivity contribution in [2.24, 2.45) is 5.73 Å². The first kappa shape index (κ1) is 13.9. The molecule has 5 heteroatoms. The highest BCUT2D eigenvalue weighted by Crippen LogP contribution is 2.22. The number of carbonyl (C=O) groups excluding carboxylic acids is 1. The maximum Gasteiger partial charge on any atom is 0.316 e. The Kier molecular flexibility index (Phi) is 4.20. The van der Waals surface area contributed by atoms with Crippen molar-refractivity contribution >= 4 is 17.4 Å². The summed E-state index contributed by atoms with van der Waals surface area (Å²) >= 11 is 0. The fraction of sp³-hybridized carbons (Fsp3) is 0.200. The third-order valence-corrected chi connectivity index (χ3v) is 3.06. The van der Waals surface area contributed by atoms with Crippen molar-refractivity contribution in [3.05, 3.63) is 53.9 Å². The molecule has 0 aliphatic heterocycles. The largest absolute Gasteiger partial charge is 0.377 e. The molecule has 0 radical (unpaired) electrons. The Hall–Kier alpha value is -2.56. The average Bonchev–Trinajstić information content (AvgIpc) is 2.41. The van der Waals surface area contributed by atoms with E-state index in [-0.39, 0.29) is 6.04 Å². The number of hydrogen-bond acceptors (Lipinski definition) is 3. The molecule has 2 amide bonds. The van der Waals surface area contributed by atoms with Crippen LogP contribution in [0.4, 0.5) is 16.2 Å². The monoisotopic (exact) mass is 270 g/mol. The minimum absolute atomic E-state index is 0.139. The minimum Gasteiger partial charge on any atom is -0.377 e. The summed E-state index contributed by atoms with van der Waals surface area (Å²) < 4.78 is 0. The molecule has 0 aliphatic rings. The Morgan fingerprint density at radius 2 is 1.95 bits per heavy atom. The van der Waals surface area contributed by atoms with Gasteiger partial charge in [-0.1, -0.05) is 12.1 Å². The minimum atomic E-state index is -0.560. The molecule has 20 heavy (non-hydrogen) atoms. The van der Waals surface area contributed by atoms with Crippen LogP contribution in [0, 0.1) is 6.92 Å². The van der Waals surface area contributed by atoms with Crippen LogP contribution in [-0.2, 0) is 0 Å². The van der Waals surface area contributed by atoms with Crippen LogP contribution in [0.5, 0.6) is 0 Å². The Labute approximate surface area is 118 Å². The number of nitrogens with one attached hydrogen (secondary N) is 2. The molecule has 0 fully saturated rings. The molecule has 104 valence electrons. The number of nitrogens with two attached hydrogens (primary N) is 1. The van der Waals surface area contributed by atoms with E-state index in [1.165, 1.54) is 0 Å². The van der Waals surface area contributed by atoms with Gasteiger partial charge in [-0.25, -0.2) is 4.79 Å². The lowest BCUT2D eigenvalue weighted by Gasteiger charge is -2.17. The molecular weight excluding hydrogens is 252 g/mol. The second-order valence-electron chi connectivity index (χ2n) is 4.61. The zero-order valence-electron chi connectivity index (χ0n) is 11.6. The van der Waals surface area contributed by atoms with E-state index in [0.717, 1.165) is 16.9 Å². The molecule has 2 rings (SSSR count). The normalized spacial score (nSPS) is 11.7. The lowest BCUT2D eigenvalue weighted by molar-refractivity contribution is 0.259. The van der Waals surface area contributed by atoms with Crippen molar-refractivity contribution in [1.82, 2.24) is 4.98 Å². The van der Waals surface area contributed by atoms with E-state index in [1.807, 2.05) is 43.3 Å². The first-order chi connectivity index (χ1) is 9.56. The molecule has 1 aromatic carbocycles. The highest BCUT2D eigenvalue weighted by atomic mass is 16.2. The molecule has 5 nitrogen and oxygen atoms in total. The van der Waals surface area contributed by atoms with Crippen LogP contribution < -0.4 is 16.4 Å². The van der Waals surface area contributed by atoms with Gasteiger partial charge in [0.25, 0.3) is 0 Å². The number of rotatable bonds is 4. The van der Waals surface area contributed by atoms with Gasteiger partial charge in [0, 0.05) is 17.9 Å². The van der Waals surface area contributed by atoms with Crippen molar-refractivity contribution in [3.8, 4) is 0 Å². The van der Waals surface area contributed by atoms with E-state index in [1.54, 1.807) is 6.20 Å². The number of nitrogens with zero attached hydrogens (tertiary/aromatic N) is 1. The lowest BCUT2D eigenvalue weighted by atomic mass is 10.1. The summed E-state index contributed by atoms with van der Waals surface area (Å²) in [6.45, 7) is 4.04. The van der Waals surface area contributed by atoms with Gasteiger partial charge < -0.3 is 16.4 Å². The quantitative estimate of drug-likeness (QED) is 0.798. The Morgan fingerprint density at radius 1 is 1.25 bits per heavy atom. The molecule has 1 aromatic heterocycles. The van der Waals surface area contributed by atoms with E-state index in [0.29, 0.717) is 5.69 Å². The lowest BCUT2D eigenvalue weighted by Crippen LogP contribution is -2.19. The average molecular weight is 270 g/mol. The van der Waals surface area contributed by atoms with Gasteiger partial charge in [-0.05, 0) is 43.7 Å². The van der Waals surface area contributed by atoms with Crippen molar-refractivity contribution in [2.75, 3.05) is 10.6 Å². The van der Waals surface area contributed by atoms with E-state index >= 15 is 0 Å². The van der Waals surface area contributed by atoms with Crippen molar-refractivity contribution in [2.45, 2.75) is 19.9 Å². The Morgan fingerprint density at radius 3 is 2.55 bits per heavy atom. The van der Waals surface area contributed by atoms with Gasteiger partial charge in [-0.15, -0.1) is 0 Å². The van der Waals surface area contributed by atoms with Gasteiger partial charge in [-0.2, -0.15) is 0 Å². The highest BCUT2D eigenvalue weighted by molar-refractivity contribution is 5.87. The van der Waals surface area contributed by atoms with Crippen molar-refractivity contribution in [1.29, 1.82) is 0 Å². The number of amides is 2. The molecule has 0 saturated carbocycles. The van der Waals surface area contributed by atoms with Gasteiger partial charge in [0.15, 0.2) is 0 Å². The second-order valence-corrected chi connectivity index (χ2v) is 4.61. The van der Waals surface area contributed by atoms with Gasteiger partial charge in [0.2, 0.25) is 0 Å². The SMILES string of the molecule is Cc1ncccc1NC(C)c1ccc(NC(N)=O)cc1. The first-order valence-corrected chi connectivity index (χ1v) is 6.41. The van der Waals surface area contributed by atoms with Crippen LogP contribution in [0.15, 0.2) is 42.6 Å². The number of anilines is 2. The zero-order chi connectivity index (χ0) is 14.5. The van der Waals surface area contributed by atoms with Crippen LogP contribution in [-0.4, -0.2) is 11.0 Å². The third kappa shape index (κ3) is 3.47. The molecule has 1 atom stereocenters. The van der Waals surface area contributed by atoms with Gasteiger partial charge in [0.1, 0.15) is 0 Å². The van der Waals surface area contributed by atoms with E-state index in [2.05, 4.69) is 22.5 Å². The summed E-state index contributed by atoms with van der Waals surface area (Å²) in [5.41, 5.74) is 8.85. The van der Waals surface area contributed by atoms with Crippen molar-refractivity contribution < 1.29 is 4.79 Å². The van der Waals surface area contributed by atoms with Crippen LogP contribution in [0.2, 0.25) is 0 Å². The molecule has 0 saturated heterocycles. The molecule has 0 spiro atoms. The third-order valence-electron chi connectivity index (χ3n) is 3.06. The number of primary amides is 1. The summed E-state index contributed by atoms with van der Waals surface area (Å²) in [4.78, 5) is 15.0. The predicted molar refractivity (Wildman–Crippen MR) is 80.7 cm³/mol. The number of pyridine rings is 1. The second kappa shape index (κ2) is 6.06. The maximum absolute atomic E-state index is 10.8. The Balaban J connectivity index is 2.08. The van der Waals surface area contributed by atoms with Crippen LogP contribution >= 0.6 is 0 Å². The standard InChI is InChI=1S/C15H18N4O/c1-10(18-14-4-3-9-17-11(14)2)12-5-7-13(8-6-12)19-15(16)20/h3-10,18H,1-2H3,(H3,16,19,20). The number of benzene rings is 1. The van der Waals surface area contributed by atoms with E-state index < -0.39 is 6.03 Å². The topological polar surface area (TPSA) is 80.0 Å². The summed E-state index contributed by atoms with van der Waals surface area (Å²) in [5, 5.41) is 5.95. The molecule has 1 heterocycles. The van der Waals surface area contributed by atoms with Crippen LogP contribution in [0.25, 0.3) is 0 Å². The fourth-order valence-electron chi connectivity index (χ4n) is 1.95. The van der Waals surface area contributed by atoms with Crippen molar-refractivity contribution in [3.63, 3.8) is 0 Å². The summed E-state index contributed by atoms with van der Waals surface area (Å²) in [6.07, 6.45) is 1.77. The van der Waals surface area contributed by atoms with Crippen LogP contribution in [0.1, 0.15) is 24.2 Å². The summed E-state index contributed by atoms with van der Waals surface area (Å²) in [7, 11) is 0. The first-order valence-electron chi connectivity index (χ1n) is 6.41. The molecule has 4 N–H and O–H groups in total. The van der Waals surface area contributed by atoms with Gasteiger partial charge in [-0.3, -0.25) is 4.98 Å². The van der Waals surface area contributed by atoms with Gasteiger partial charge >= 0.3 is 6.03 Å².